The number of halogens is 1. The molecule has 0 aliphatic carbocycles. The molecule has 0 bridgehead atoms. The fourth-order valence-electron chi connectivity index (χ4n) is 2.35. The molecular formula is C18H18FN3O3S. The smallest absolute Gasteiger partial charge is 0.266 e. The largest absolute Gasteiger partial charge is 0.296 e. The standard InChI is InChI=1S/C18H18FN3O3S/c1-14-7-9-18(10-8-14)26(23,24)25-11-3-5-16-13-22(21-20-16)17-6-2-4-15(19)12-17/h2,4,6-10,12-13H,3,5,11H2,1H3. The number of nitrogens with zero attached hydrogens (tertiary/aromatic N) is 3. The van der Waals surface area contributed by atoms with Crippen LogP contribution in [0.2, 0.25) is 0 Å². The van der Waals surface area contributed by atoms with Crippen LogP contribution in [0.15, 0.2) is 59.6 Å². The maximum atomic E-state index is 13.2. The van der Waals surface area contributed by atoms with Gasteiger partial charge in [0.2, 0.25) is 0 Å². The lowest BCUT2D eigenvalue weighted by atomic mass is 10.2. The van der Waals surface area contributed by atoms with Gasteiger partial charge in [-0.05, 0) is 50.1 Å². The van der Waals surface area contributed by atoms with Crippen molar-refractivity contribution in [3.8, 4) is 5.69 Å². The molecule has 0 radical (unpaired) electrons. The fraction of sp³-hybridized carbons (Fsp3) is 0.222. The van der Waals surface area contributed by atoms with Crippen LogP contribution in [-0.2, 0) is 20.7 Å². The van der Waals surface area contributed by atoms with Crippen molar-refractivity contribution < 1.29 is 17.0 Å². The van der Waals surface area contributed by atoms with Gasteiger partial charge in [-0.25, -0.2) is 9.07 Å². The summed E-state index contributed by atoms with van der Waals surface area (Å²) in [4.78, 5) is 0.139. The Bertz CT molecular complexity index is 985. The van der Waals surface area contributed by atoms with Crippen LogP contribution in [0.1, 0.15) is 17.7 Å². The van der Waals surface area contributed by atoms with Gasteiger partial charge in [-0.3, -0.25) is 4.18 Å². The van der Waals surface area contributed by atoms with Gasteiger partial charge in [-0.2, -0.15) is 8.42 Å². The molecule has 1 heterocycles. The lowest BCUT2D eigenvalue weighted by Gasteiger charge is -2.05. The Hall–Kier alpha value is -2.58. The average molecular weight is 375 g/mol. The topological polar surface area (TPSA) is 74.1 Å². The minimum Gasteiger partial charge on any atom is -0.266 e. The summed E-state index contributed by atoms with van der Waals surface area (Å²) in [6, 6.07) is 12.5. The number of hydrogen-bond donors (Lipinski definition) is 0. The molecule has 0 aliphatic rings. The zero-order valence-electron chi connectivity index (χ0n) is 14.2. The summed E-state index contributed by atoms with van der Waals surface area (Å²) in [6.07, 6.45) is 2.65. The zero-order chi connectivity index (χ0) is 18.6. The van der Waals surface area contributed by atoms with Gasteiger partial charge in [-0.15, -0.1) is 5.10 Å². The summed E-state index contributed by atoms with van der Waals surface area (Å²) >= 11 is 0. The first-order chi connectivity index (χ1) is 12.4. The lowest BCUT2D eigenvalue weighted by molar-refractivity contribution is 0.312. The van der Waals surface area contributed by atoms with Crippen molar-refractivity contribution in [3.63, 3.8) is 0 Å². The van der Waals surface area contributed by atoms with E-state index in [0.29, 0.717) is 24.2 Å². The van der Waals surface area contributed by atoms with Crippen molar-refractivity contribution >= 4 is 10.1 Å². The Labute approximate surface area is 151 Å². The summed E-state index contributed by atoms with van der Waals surface area (Å²) in [6.45, 7) is 1.93. The quantitative estimate of drug-likeness (QED) is 0.469. The Morgan fingerprint density at radius 3 is 2.65 bits per heavy atom. The first kappa shape index (κ1) is 18.2. The predicted molar refractivity (Wildman–Crippen MR) is 94.0 cm³/mol. The molecule has 6 nitrogen and oxygen atoms in total. The number of aromatic nitrogens is 3. The van der Waals surface area contributed by atoms with Gasteiger partial charge in [0.25, 0.3) is 10.1 Å². The van der Waals surface area contributed by atoms with Crippen molar-refractivity contribution in [2.45, 2.75) is 24.7 Å². The third-order valence-electron chi connectivity index (χ3n) is 3.74. The monoisotopic (exact) mass is 375 g/mol. The van der Waals surface area contributed by atoms with Crippen molar-refractivity contribution in [1.29, 1.82) is 0 Å². The van der Waals surface area contributed by atoms with Gasteiger partial charge < -0.3 is 0 Å². The Morgan fingerprint density at radius 2 is 1.92 bits per heavy atom. The molecular weight excluding hydrogens is 357 g/mol. The van der Waals surface area contributed by atoms with E-state index >= 15 is 0 Å². The molecule has 0 unspecified atom stereocenters. The number of benzene rings is 2. The van der Waals surface area contributed by atoms with Crippen LogP contribution in [0.3, 0.4) is 0 Å². The molecule has 8 heteroatoms. The third-order valence-corrected chi connectivity index (χ3v) is 5.07. The SMILES string of the molecule is Cc1ccc(S(=O)(=O)OCCCc2cn(-c3cccc(F)c3)nn2)cc1. The Kier molecular flexibility index (Phi) is 5.43. The van der Waals surface area contributed by atoms with Gasteiger partial charge in [0, 0.05) is 0 Å². The number of rotatable bonds is 7. The molecule has 0 saturated carbocycles. The summed E-state index contributed by atoms with van der Waals surface area (Å²) < 4.78 is 43.9. The summed E-state index contributed by atoms with van der Waals surface area (Å²) in [5.74, 6) is -0.353. The predicted octanol–water partition coefficient (Wildman–Crippen LogP) is 3.05. The maximum absolute atomic E-state index is 13.2. The van der Waals surface area contributed by atoms with Crippen LogP contribution >= 0.6 is 0 Å². The Morgan fingerprint density at radius 1 is 1.15 bits per heavy atom. The first-order valence-electron chi connectivity index (χ1n) is 8.07. The molecule has 0 spiro atoms. The van der Waals surface area contributed by atoms with Crippen LogP contribution in [0.4, 0.5) is 4.39 Å². The van der Waals surface area contributed by atoms with E-state index in [0.717, 1.165) is 5.56 Å². The van der Waals surface area contributed by atoms with E-state index in [1.54, 1.807) is 30.5 Å². The third kappa shape index (κ3) is 4.53. The minimum absolute atomic E-state index is 0.0447. The van der Waals surface area contributed by atoms with Gasteiger partial charge in [0.15, 0.2) is 0 Å². The highest BCUT2D eigenvalue weighted by atomic mass is 32.2. The summed E-state index contributed by atoms with van der Waals surface area (Å²) in [7, 11) is -3.76. The van der Waals surface area contributed by atoms with Gasteiger partial charge >= 0.3 is 0 Å². The van der Waals surface area contributed by atoms with E-state index < -0.39 is 10.1 Å². The van der Waals surface area contributed by atoms with Crippen molar-refractivity contribution in [3.05, 3.63) is 71.8 Å². The summed E-state index contributed by atoms with van der Waals surface area (Å²) in [5.41, 5.74) is 2.22. The normalized spacial score (nSPS) is 11.6. The molecule has 0 atom stereocenters. The van der Waals surface area contributed by atoms with E-state index in [4.69, 9.17) is 4.18 Å². The second-order valence-corrected chi connectivity index (χ2v) is 7.44. The summed E-state index contributed by atoms with van der Waals surface area (Å²) in [5, 5.41) is 7.96. The van der Waals surface area contributed by atoms with Crippen molar-refractivity contribution in [2.24, 2.45) is 0 Å². The average Bonchev–Trinajstić information content (AvgIpc) is 3.08. The van der Waals surface area contributed by atoms with Crippen molar-refractivity contribution in [2.75, 3.05) is 6.61 Å². The van der Waals surface area contributed by atoms with Crippen LogP contribution in [-0.4, -0.2) is 30.0 Å². The Balaban J connectivity index is 1.53. The second kappa shape index (κ2) is 7.76. The molecule has 0 amide bonds. The van der Waals surface area contributed by atoms with Crippen LogP contribution in [0, 0.1) is 12.7 Å². The molecule has 0 saturated heterocycles. The molecule has 0 aliphatic heterocycles. The van der Waals surface area contributed by atoms with Gasteiger partial charge in [0.05, 0.1) is 29.1 Å². The maximum Gasteiger partial charge on any atom is 0.296 e. The van der Waals surface area contributed by atoms with Crippen LogP contribution in [0.5, 0.6) is 0 Å². The molecule has 3 aromatic rings. The van der Waals surface area contributed by atoms with E-state index in [2.05, 4.69) is 10.3 Å². The highest BCUT2D eigenvalue weighted by Gasteiger charge is 2.14. The molecule has 0 fully saturated rings. The fourth-order valence-corrected chi connectivity index (χ4v) is 3.30. The van der Waals surface area contributed by atoms with E-state index in [9.17, 15) is 12.8 Å². The highest BCUT2D eigenvalue weighted by molar-refractivity contribution is 7.86. The molecule has 2 aromatic carbocycles. The number of aryl methyl sites for hydroxylation is 2. The molecule has 0 N–H and O–H groups in total. The van der Waals surface area contributed by atoms with E-state index in [1.807, 2.05) is 6.92 Å². The van der Waals surface area contributed by atoms with E-state index in [-0.39, 0.29) is 17.3 Å². The number of hydrogen-bond acceptors (Lipinski definition) is 5. The zero-order valence-corrected chi connectivity index (χ0v) is 15.0. The first-order valence-corrected chi connectivity index (χ1v) is 9.48. The second-order valence-electron chi connectivity index (χ2n) is 5.83. The van der Waals surface area contributed by atoms with Crippen LogP contribution < -0.4 is 0 Å². The molecule has 3 rings (SSSR count). The molecule has 136 valence electrons. The molecule has 1 aromatic heterocycles. The van der Waals surface area contributed by atoms with Crippen molar-refractivity contribution in [1.82, 2.24) is 15.0 Å². The van der Waals surface area contributed by atoms with E-state index in [1.165, 1.54) is 28.9 Å². The van der Waals surface area contributed by atoms with Crippen LogP contribution in [0.25, 0.3) is 5.69 Å². The van der Waals surface area contributed by atoms with Gasteiger partial charge in [0.1, 0.15) is 5.82 Å². The lowest BCUT2D eigenvalue weighted by Crippen LogP contribution is -2.08. The van der Waals surface area contributed by atoms with Gasteiger partial charge in [-0.1, -0.05) is 29.0 Å². The highest BCUT2D eigenvalue weighted by Crippen LogP contribution is 2.14. The molecule has 26 heavy (non-hydrogen) atoms. The minimum atomic E-state index is -3.76.